The van der Waals surface area contributed by atoms with Crippen molar-refractivity contribution in [3.05, 3.63) is 17.0 Å². The lowest BCUT2D eigenvalue weighted by Crippen LogP contribution is -2.74. The van der Waals surface area contributed by atoms with Gasteiger partial charge in [-0.2, -0.15) is 5.10 Å². The van der Waals surface area contributed by atoms with Crippen molar-refractivity contribution in [2.45, 2.75) is 59.1 Å². The predicted octanol–water partition coefficient (Wildman–Crippen LogP) is 1.26. The van der Waals surface area contributed by atoms with E-state index in [0.717, 1.165) is 17.0 Å². The van der Waals surface area contributed by atoms with Crippen LogP contribution in [0.5, 0.6) is 0 Å². The average molecular weight is 323 g/mol. The Labute approximate surface area is 138 Å². The maximum Gasteiger partial charge on any atom is 0.225 e. The quantitative estimate of drug-likeness (QED) is 0.826. The van der Waals surface area contributed by atoms with E-state index in [1.807, 2.05) is 41.7 Å². The summed E-state index contributed by atoms with van der Waals surface area (Å²) in [6.07, 6.45) is 0.978. The molecule has 130 valence electrons. The van der Waals surface area contributed by atoms with Gasteiger partial charge < -0.3 is 15.2 Å². The van der Waals surface area contributed by atoms with Crippen LogP contribution in [0.3, 0.4) is 0 Å². The summed E-state index contributed by atoms with van der Waals surface area (Å²) in [6.45, 7) is 10.5. The van der Waals surface area contributed by atoms with Crippen molar-refractivity contribution < 1.29 is 14.6 Å². The van der Waals surface area contributed by atoms with Gasteiger partial charge in [-0.15, -0.1) is 0 Å². The van der Waals surface area contributed by atoms with Gasteiger partial charge >= 0.3 is 0 Å². The molecule has 0 saturated heterocycles. The van der Waals surface area contributed by atoms with Crippen molar-refractivity contribution in [2.24, 2.45) is 12.5 Å². The molecule has 6 nitrogen and oxygen atoms in total. The van der Waals surface area contributed by atoms with Gasteiger partial charge in [0.15, 0.2) is 0 Å². The van der Waals surface area contributed by atoms with E-state index < -0.39 is 5.54 Å². The van der Waals surface area contributed by atoms with Gasteiger partial charge in [0.1, 0.15) is 0 Å². The molecule has 0 aliphatic heterocycles. The largest absolute Gasteiger partial charge is 0.394 e. The Morgan fingerprint density at radius 3 is 2.57 bits per heavy atom. The summed E-state index contributed by atoms with van der Waals surface area (Å²) in [5.74, 6) is -0.0822. The molecule has 0 unspecified atom stereocenters. The van der Waals surface area contributed by atoms with Crippen LogP contribution in [0, 0.1) is 19.3 Å². The molecule has 6 heteroatoms. The highest BCUT2D eigenvalue weighted by Gasteiger charge is 2.61. The lowest BCUT2D eigenvalue weighted by Gasteiger charge is -2.60. The van der Waals surface area contributed by atoms with Gasteiger partial charge in [0, 0.05) is 36.7 Å². The van der Waals surface area contributed by atoms with Gasteiger partial charge in [-0.05, 0) is 20.8 Å². The fourth-order valence-electron chi connectivity index (χ4n) is 3.55. The Hall–Kier alpha value is -1.40. The second kappa shape index (κ2) is 6.24. The van der Waals surface area contributed by atoms with E-state index in [0.29, 0.717) is 13.0 Å². The first-order valence-corrected chi connectivity index (χ1v) is 8.21. The minimum absolute atomic E-state index is 0.0572. The first-order chi connectivity index (χ1) is 10.7. The Morgan fingerprint density at radius 2 is 2.13 bits per heavy atom. The monoisotopic (exact) mass is 323 g/mol. The van der Waals surface area contributed by atoms with Crippen LogP contribution >= 0.6 is 0 Å². The van der Waals surface area contributed by atoms with Crippen molar-refractivity contribution in [1.82, 2.24) is 15.1 Å². The van der Waals surface area contributed by atoms with Crippen LogP contribution in [0.4, 0.5) is 0 Å². The van der Waals surface area contributed by atoms with Crippen molar-refractivity contribution in [3.63, 3.8) is 0 Å². The van der Waals surface area contributed by atoms with Crippen LogP contribution < -0.4 is 5.32 Å². The van der Waals surface area contributed by atoms with Crippen molar-refractivity contribution in [1.29, 1.82) is 0 Å². The molecule has 1 aromatic rings. The predicted molar refractivity (Wildman–Crippen MR) is 88.2 cm³/mol. The van der Waals surface area contributed by atoms with Crippen LogP contribution in [0.25, 0.3) is 0 Å². The maximum absolute atomic E-state index is 12.5. The van der Waals surface area contributed by atoms with Crippen molar-refractivity contribution in [3.8, 4) is 0 Å². The van der Waals surface area contributed by atoms with E-state index in [9.17, 15) is 9.90 Å². The SMILES string of the molecule is CCO[C@H]1C[C@@](CO)(NC(=O)Cc2c(C)nn(C)c2C)C1(C)C. The summed E-state index contributed by atoms with van der Waals surface area (Å²) < 4.78 is 7.51. The van der Waals surface area contributed by atoms with E-state index in [4.69, 9.17) is 4.74 Å². The highest BCUT2D eigenvalue weighted by atomic mass is 16.5. The zero-order chi connectivity index (χ0) is 17.4. The first kappa shape index (κ1) is 17.9. The summed E-state index contributed by atoms with van der Waals surface area (Å²) in [7, 11) is 1.88. The number of aryl methyl sites for hydroxylation is 2. The van der Waals surface area contributed by atoms with Gasteiger partial charge in [-0.1, -0.05) is 13.8 Å². The third-order valence-corrected chi connectivity index (χ3v) is 5.58. The molecule has 1 fully saturated rings. The molecule has 2 N–H and O–H groups in total. The number of nitrogens with zero attached hydrogens (tertiary/aromatic N) is 2. The van der Waals surface area contributed by atoms with Crippen molar-refractivity contribution in [2.75, 3.05) is 13.2 Å². The zero-order valence-corrected chi connectivity index (χ0v) is 15.1. The van der Waals surface area contributed by atoms with Crippen LogP contribution in [-0.2, 0) is 23.0 Å². The molecule has 1 saturated carbocycles. The number of aliphatic hydroxyl groups excluding tert-OH is 1. The molecule has 1 aliphatic carbocycles. The highest BCUT2D eigenvalue weighted by Crippen LogP contribution is 2.51. The number of carbonyl (C=O) groups excluding carboxylic acids is 1. The summed E-state index contributed by atoms with van der Waals surface area (Å²) in [4.78, 5) is 12.5. The number of ether oxygens (including phenoxy) is 1. The molecular formula is C17H29N3O3. The minimum Gasteiger partial charge on any atom is -0.394 e. The second-order valence-corrected chi connectivity index (χ2v) is 7.11. The Morgan fingerprint density at radius 1 is 1.48 bits per heavy atom. The second-order valence-electron chi connectivity index (χ2n) is 7.11. The van der Waals surface area contributed by atoms with E-state index in [-0.39, 0.29) is 30.5 Å². The number of aromatic nitrogens is 2. The molecule has 0 aromatic carbocycles. The lowest BCUT2D eigenvalue weighted by atomic mass is 9.54. The van der Waals surface area contributed by atoms with E-state index in [1.165, 1.54) is 0 Å². The fourth-order valence-corrected chi connectivity index (χ4v) is 3.55. The van der Waals surface area contributed by atoms with Crippen LogP contribution in [0.2, 0.25) is 0 Å². The molecule has 1 heterocycles. The fraction of sp³-hybridized carbons (Fsp3) is 0.765. The Bertz CT molecular complexity index is 594. The number of hydrogen-bond donors (Lipinski definition) is 2. The van der Waals surface area contributed by atoms with Gasteiger partial charge in [-0.3, -0.25) is 9.48 Å². The topological polar surface area (TPSA) is 76.4 Å². The van der Waals surface area contributed by atoms with Crippen molar-refractivity contribution >= 4 is 5.91 Å². The normalized spacial score (nSPS) is 26.0. The van der Waals surface area contributed by atoms with E-state index >= 15 is 0 Å². The number of aliphatic hydroxyl groups is 1. The molecular weight excluding hydrogens is 294 g/mol. The molecule has 0 spiro atoms. The van der Waals surface area contributed by atoms with Crippen LogP contribution in [0.15, 0.2) is 0 Å². The third kappa shape index (κ3) is 2.90. The molecule has 1 aliphatic rings. The molecule has 1 aromatic heterocycles. The van der Waals surface area contributed by atoms with Crippen LogP contribution in [0.1, 0.15) is 44.1 Å². The first-order valence-electron chi connectivity index (χ1n) is 8.21. The van der Waals surface area contributed by atoms with Gasteiger partial charge in [0.25, 0.3) is 0 Å². The van der Waals surface area contributed by atoms with E-state index in [2.05, 4.69) is 10.4 Å². The smallest absolute Gasteiger partial charge is 0.225 e. The number of carbonyl (C=O) groups is 1. The number of hydrogen-bond acceptors (Lipinski definition) is 4. The van der Waals surface area contributed by atoms with E-state index in [1.54, 1.807) is 4.68 Å². The molecule has 2 rings (SSSR count). The highest BCUT2D eigenvalue weighted by molar-refractivity contribution is 5.80. The molecule has 0 radical (unpaired) electrons. The molecule has 1 amide bonds. The zero-order valence-electron chi connectivity index (χ0n) is 15.1. The standard InChI is InChI=1S/C17H29N3O3/c1-7-23-14-9-17(10-21,16(14,4)5)18-15(22)8-13-11(2)19-20(6)12(13)3/h14,21H,7-10H2,1-6H3,(H,18,22)/t14-,17-/m0/s1. The Kier molecular flexibility index (Phi) is 4.87. The summed E-state index contributed by atoms with van der Waals surface area (Å²) in [5, 5.41) is 17.3. The summed E-state index contributed by atoms with van der Waals surface area (Å²) in [6, 6.07) is 0. The lowest BCUT2D eigenvalue weighted by molar-refractivity contribution is -0.180. The van der Waals surface area contributed by atoms with Gasteiger partial charge in [0.05, 0.1) is 30.4 Å². The number of rotatable bonds is 6. The average Bonchev–Trinajstić information content (AvgIpc) is 2.72. The molecule has 2 atom stereocenters. The summed E-state index contributed by atoms with van der Waals surface area (Å²) >= 11 is 0. The number of amides is 1. The third-order valence-electron chi connectivity index (χ3n) is 5.58. The molecule has 0 bridgehead atoms. The minimum atomic E-state index is -0.617. The summed E-state index contributed by atoms with van der Waals surface area (Å²) in [5.41, 5.74) is 1.91. The maximum atomic E-state index is 12.5. The Balaban J connectivity index is 2.10. The van der Waals surface area contributed by atoms with Crippen LogP contribution in [-0.4, -0.2) is 45.7 Å². The molecule has 23 heavy (non-hydrogen) atoms. The van der Waals surface area contributed by atoms with Gasteiger partial charge in [-0.25, -0.2) is 0 Å². The van der Waals surface area contributed by atoms with Gasteiger partial charge in [0.2, 0.25) is 5.91 Å². The number of nitrogens with one attached hydrogen (secondary N) is 1.